The van der Waals surface area contributed by atoms with Gasteiger partial charge in [0.1, 0.15) is 5.60 Å². The third-order valence-electron chi connectivity index (χ3n) is 3.29. The molecule has 2 unspecified atom stereocenters. The normalized spacial score (nSPS) is 24.4. The number of alkyl carbamates (subject to hydrolysis) is 1. The lowest BCUT2D eigenvalue weighted by Gasteiger charge is -2.37. The Balaban J connectivity index is 2.51. The van der Waals surface area contributed by atoms with Crippen LogP contribution in [-0.2, 0) is 4.74 Å². The number of aliphatic hydroxyl groups is 2. The number of piperidine rings is 1. The van der Waals surface area contributed by atoms with Crippen LogP contribution in [0, 0.1) is 5.92 Å². The van der Waals surface area contributed by atoms with Gasteiger partial charge in [0.25, 0.3) is 0 Å². The fourth-order valence-electron chi connectivity index (χ4n) is 2.60. The molecule has 0 spiro atoms. The Morgan fingerprint density at radius 1 is 1.30 bits per heavy atom. The standard InChI is InChI=1S/C14H28N2O4/c1-14(2,3)20-13(19)15-12-8-11(4-6-17)9-16(10-12)5-7-18/h11-12,17-18H,4-10H2,1-3H3,(H,15,19). The molecule has 118 valence electrons. The molecule has 1 aliphatic rings. The van der Waals surface area contributed by atoms with E-state index < -0.39 is 11.7 Å². The average molecular weight is 288 g/mol. The predicted molar refractivity (Wildman–Crippen MR) is 76.5 cm³/mol. The molecule has 0 aromatic rings. The summed E-state index contributed by atoms with van der Waals surface area (Å²) >= 11 is 0. The van der Waals surface area contributed by atoms with Crippen molar-refractivity contribution in [2.24, 2.45) is 5.92 Å². The summed E-state index contributed by atoms with van der Waals surface area (Å²) in [6.45, 7) is 7.91. The summed E-state index contributed by atoms with van der Waals surface area (Å²) in [5.41, 5.74) is -0.506. The van der Waals surface area contributed by atoms with Crippen LogP contribution in [0.3, 0.4) is 0 Å². The van der Waals surface area contributed by atoms with Crippen molar-refractivity contribution < 1.29 is 19.7 Å². The van der Waals surface area contributed by atoms with Gasteiger partial charge in [-0.05, 0) is 39.5 Å². The Morgan fingerprint density at radius 3 is 2.55 bits per heavy atom. The molecule has 6 heteroatoms. The number of rotatable bonds is 5. The molecule has 1 amide bonds. The molecule has 6 nitrogen and oxygen atoms in total. The number of nitrogens with one attached hydrogen (secondary N) is 1. The first-order valence-electron chi connectivity index (χ1n) is 7.27. The summed E-state index contributed by atoms with van der Waals surface area (Å²) in [4.78, 5) is 13.9. The number of amides is 1. The van der Waals surface area contributed by atoms with E-state index in [-0.39, 0.29) is 19.3 Å². The van der Waals surface area contributed by atoms with Gasteiger partial charge in [0, 0.05) is 32.3 Å². The van der Waals surface area contributed by atoms with E-state index >= 15 is 0 Å². The molecule has 1 fully saturated rings. The third-order valence-corrected chi connectivity index (χ3v) is 3.29. The molecule has 3 N–H and O–H groups in total. The highest BCUT2D eigenvalue weighted by atomic mass is 16.6. The van der Waals surface area contributed by atoms with E-state index in [1.54, 1.807) is 0 Å². The minimum Gasteiger partial charge on any atom is -0.444 e. The van der Waals surface area contributed by atoms with Gasteiger partial charge in [0.15, 0.2) is 0 Å². The molecule has 0 bridgehead atoms. The lowest BCUT2D eigenvalue weighted by atomic mass is 9.92. The molecule has 20 heavy (non-hydrogen) atoms. The largest absolute Gasteiger partial charge is 0.444 e. The Morgan fingerprint density at radius 2 is 2.00 bits per heavy atom. The van der Waals surface area contributed by atoms with Gasteiger partial charge in [0.05, 0.1) is 6.61 Å². The molecule has 1 saturated heterocycles. The highest BCUT2D eigenvalue weighted by Crippen LogP contribution is 2.20. The Hall–Kier alpha value is -0.850. The summed E-state index contributed by atoms with van der Waals surface area (Å²) < 4.78 is 5.26. The second kappa shape index (κ2) is 7.81. The first kappa shape index (κ1) is 17.2. The van der Waals surface area contributed by atoms with Crippen molar-refractivity contribution in [3.63, 3.8) is 0 Å². The van der Waals surface area contributed by atoms with Crippen LogP contribution in [0.4, 0.5) is 4.79 Å². The van der Waals surface area contributed by atoms with Crippen LogP contribution in [0.25, 0.3) is 0 Å². The second-order valence-corrected chi connectivity index (χ2v) is 6.44. The third kappa shape index (κ3) is 6.54. The fraction of sp³-hybridized carbons (Fsp3) is 0.929. The molecule has 0 saturated carbocycles. The quantitative estimate of drug-likeness (QED) is 0.689. The Bertz CT molecular complexity index is 290. The minimum atomic E-state index is -0.506. The summed E-state index contributed by atoms with van der Waals surface area (Å²) in [6.07, 6.45) is 1.15. The van der Waals surface area contributed by atoms with Gasteiger partial charge < -0.3 is 20.3 Å². The lowest BCUT2D eigenvalue weighted by Crippen LogP contribution is -2.52. The number of nitrogens with zero attached hydrogens (tertiary/aromatic N) is 1. The van der Waals surface area contributed by atoms with Crippen LogP contribution in [-0.4, -0.2) is 65.7 Å². The number of carbonyl (C=O) groups is 1. The van der Waals surface area contributed by atoms with Crippen LogP contribution in [0.5, 0.6) is 0 Å². The highest BCUT2D eigenvalue weighted by molar-refractivity contribution is 5.68. The van der Waals surface area contributed by atoms with E-state index in [0.29, 0.717) is 25.4 Å². The SMILES string of the molecule is CC(C)(C)OC(=O)NC1CC(CCO)CN(CCO)C1. The zero-order valence-corrected chi connectivity index (χ0v) is 12.8. The van der Waals surface area contributed by atoms with Crippen LogP contribution in [0.2, 0.25) is 0 Å². The number of likely N-dealkylation sites (tertiary alicyclic amines) is 1. The number of hydrogen-bond donors (Lipinski definition) is 3. The predicted octanol–water partition coefficient (Wildman–Crippen LogP) is 0.576. The van der Waals surface area contributed by atoms with Crippen LogP contribution in [0.15, 0.2) is 0 Å². The monoisotopic (exact) mass is 288 g/mol. The highest BCUT2D eigenvalue weighted by Gasteiger charge is 2.28. The van der Waals surface area contributed by atoms with Gasteiger partial charge in [-0.3, -0.25) is 4.90 Å². The van der Waals surface area contributed by atoms with E-state index in [1.165, 1.54) is 0 Å². The van der Waals surface area contributed by atoms with Gasteiger partial charge in [-0.15, -0.1) is 0 Å². The zero-order chi connectivity index (χ0) is 15.2. The summed E-state index contributed by atoms with van der Waals surface area (Å²) in [7, 11) is 0. The summed E-state index contributed by atoms with van der Waals surface area (Å²) in [5.74, 6) is 0.334. The minimum absolute atomic E-state index is 0.00157. The van der Waals surface area contributed by atoms with Crippen molar-refractivity contribution >= 4 is 6.09 Å². The van der Waals surface area contributed by atoms with Gasteiger partial charge >= 0.3 is 6.09 Å². The van der Waals surface area contributed by atoms with Crippen molar-refractivity contribution in [1.82, 2.24) is 10.2 Å². The van der Waals surface area contributed by atoms with Crippen LogP contribution >= 0.6 is 0 Å². The van der Waals surface area contributed by atoms with Gasteiger partial charge in [0.2, 0.25) is 0 Å². The Kier molecular flexibility index (Phi) is 6.71. The topological polar surface area (TPSA) is 82.0 Å². The van der Waals surface area contributed by atoms with E-state index in [4.69, 9.17) is 14.9 Å². The van der Waals surface area contributed by atoms with E-state index in [9.17, 15) is 4.79 Å². The molecule has 0 aromatic heterocycles. The fourth-order valence-corrected chi connectivity index (χ4v) is 2.60. The van der Waals surface area contributed by atoms with Gasteiger partial charge in [-0.25, -0.2) is 4.79 Å². The van der Waals surface area contributed by atoms with E-state index in [1.807, 2.05) is 20.8 Å². The average Bonchev–Trinajstić information content (AvgIpc) is 2.26. The van der Waals surface area contributed by atoms with Crippen LogP contribution < -0.4 is 5.32 Å². The first-order valence-corrected chi connectivity index (χ1v) is 7.27. The molecule has 0 aromatic carbocycles. The molecule has 1 heterocycles. The second-order valence-electron chi connectivity index (χ2n) is 6.44. The molecule has 2 atom stereocenters. The molecule has 0 radical (unpaired) electrons. The molecular formula is C14H28N2O4. The Labute approximate surface area is 121 Å². The van der Waals surface area contributed by atoms with Gasteiger partial charge in [-0.2, -0.15) is 0 Å². The number of aliphatic hydroxyl groups excluding tert-OH is 2. The number of ether oxygens (including phenoxy) is 1. The first-order chi connectivity index (χ1) is 9.34. The maximum Gasteiger partial charge on any atom is 0.407 e. The summed E-state index contributed by atoms with van der Waals surface area (Å²) in [5, 5.41) is 21.0. The van der Waals surface area contributed by atoms with E-state index in [2.05, 4.69) is 10.2 Å². The lowest BCUT2D eigenvalue weighted by molar-refractivity contribution is 0.0429. The number of β-amino-alcohol motifs (C(OH)–C–C–N with tert-alkyl or cyclic N) is 1. The number of hydrogen-bond acceptors (Lipinski definition) is 5. The zero-order valence-electron chi connectivity index (χ0n) is 12.8. The molecule has 1 aliphatic heterocycles. The summed E-state index contributed by atoms with van der Waals surface area (Å²) in [6, 6.07) is 0.00157. The van der Waals surface area contributed by atoms with Crippen molar-refractivity contribution in [3.05, 3.63) is 0 Å². The van der Waals surface area contributed by atoms with Crippen molar-refractivity contribution in [2.45, 2.75) is 45.3 Å². The smallest absolute Gasteiger partial charge is 0.407 e. The maximum atomic E-state index is 11.8. The number of carbonyl (C=O) groups excluding carboxylic acids is 1. The molecule has 1 rings (SSSR count). The van der Waals surface area contributed by atoms with Gasteiger partial charge in [-0.1, -0.05) is 0 Å². The van der Waals surface area contributed by atoms with Crippen molar-refractivity contribution in [3.8, 4) is 0 Å². The molecule has 0 aliphatic carbocycles. The van der Waals surface area contributed by atoms with Crippen LogP contribution in [0.1, 0.15) is 33.6 Å². The maximum absolute atomic E-state index is 11.8. The van der Waals surface area contributed by atoms with Crippen molar-refractivity contribution in [2.75, 3.05) is 32.8 Å². The van der Waals surface area contributed by atoms with Crippen molar-refractivity contribution in [1.29, 1.82) is 0 Å². The van der Waals surface area contributed by atoms with E-state index in [0.717, 1.165) is 13.0 Å². The molecular weight excluding hydrogens is 260 g/mol.